The predicted octanol–water partition coefficient (Wildman–Crippen LogP) is 2.67. The molecule has 16 heavy (non-hydrogen) atoms. The first-order valence-electron chi connectivity index (χ1n) is 5.41. The molecule has 3 heteroatoms. The van der Waals surface area contributed by atoms with Gasteiger partial charge < -0.3 is 10.5 Å². The fourth-order valence-corrected chi connectivity index (χ4v) is 1.41. The van der Waals surface area contributed by atoms with E-state index in [1.807, 2.05) is 13.0 Å². The summed E-state index contributed by atoms with van der Waals surface area (Å²) in [6, 6.07) is 5.00. The molecule has 0 aromatic heterocycles. The lowest BCUT2D eigenvalue weighted by molar-refractivity contribution is 0.308. The first-order chi connectivity index (χ1) is 7.63. The van der Waals surface area contributed by atoms with Gasteiger partial charge in [-0.1, -0.05) is 12.1 Å². The summed E-state index contributed by atoms with van der Waals surface area (Å²) < 4.78 is 18.8. The van der Waals surface area contributed by atoms with Gasteiger partial charge in [0.1, 0.15) is 0 Å². The number of ether oxygens (including phenoxy) is 1. The van der Waals surface area contributed by atoms with Crippen molar-refractivity contribution in [3.05, 3.63) is 42.2 Å². The summed E-state index contributed by atoms with van der Waals surface area (Å²) >= 11 is 0. The fraction of sp³-hybridized carbons (Fsp3) is 0.385. The van der Waals surface area contributed by atoms with Crippen molar-refractivity contribution in [2.24, 2.45) is 5.73 Å². The Kier molecular flexibility index (Phi) is 4.99. The van der Waals surface area contributed by atoms with Crippen LogP contribution in [0.3, 0.4) is 0 Å². The van der Waals surface area contributed by atoms with Gasteiger partial charge in [0.15, 0.2) is 11.6 Å². The summed E-state index contributed by atoms with van der Waals surface area (Å²) in [6.07, 6.45) is 3.12. The van der Waals surface area contributed by atoms with E-state index >= 15 is 0 Å². The van der Waals surface area contributed by atoms with Gasteiger partial charge in [0.2, 0.25) is 0 Å². The van der Waals surface area contributed by atoms with Crippen molar-refractivity contribution in [1.29, 1.82) is 0 Å². The van der Waals surface area contributed by atoms with Crippen LogP contribution in [0.1, 0.15) is 18.9 Å². The zero-order valence-corrected chi connectivity index (χ0v) is 9.58. The van der Waals surface area contributed by atoms with E-state index in [0.717, 1.165) is 5.56 Å². The standard InChI is InChI=1S/C13H18FNO/c1-3-4-7-16-13-6-5-11(8-10(2)15)9-12(13)14/h3,5-6,9-10H,1,4,7-8,15H2,2H3. The van der Waals surface area contributed by atoms with E-state index in [4.69, 9.17) is 10.5 Å². The Bertz CT molecular complexity index is 350. The van der Waals surface area contributed by atoms with Crippen LogP contribution in [-0.4, -0.2) is 12.6 Å². The van der Waals surface area contributed by atoms with Crippen LogP contribution in [0.4, 0.5) is 4.39 Å². The van der Waals surface area contributed by atoms with Crippen LogP contribution in [0.2, 0.25) is 0 Å². The number of benzene rings is 1. The Morgan fingerprint density at radius 2 is 2.31 bits per heavy atom. The summed E-state index contributed by atoms with van der Waals surface area (Å²) in [5.74, 6) is -0.0440. The first kappa shape index (κ1) is 12.7. The smallest absolute Gasteiger partial charge is 0.165 e. The van der Waals surface area contributed by atoms with E-state index in [9.17, 15) is 4.39 Å². The lowest BCUT2D eigenvalue weighted by Gasteiger charge is -2.09. The number of hydrogen-bond donors (Lipinski definition) is 1. The molecule has 0 heterocycles. The highest BCUT2D eigenvalue weighted by Crippen LogP contribution is 2.19. The summed E-state index contributed by atoms with van der Waals surface area (Å²) in [4.78, 5) is 0. The minimum absolute atomic E-state index is 0.0342. The number of hydrogen-bond acceptors (Lipinski definition) is 2. The minimum atomic E-state index is -0.331. The van der Waals surface area contributed by atoms with Crippen molar-refractivity contribution in [2.45, 2.75) is 25.8 Å². The molecular formula is C13H18FNO. The van der Waals surface area contributed by atoms with E-state index in [0.29, 0.717) is 19.4 Å². The zero-order chi connectivity index (χ0) is 12.0. The maximum absolute atomic E-state index is 13.5. The number of rotatable bonds is 6. The van der Waals surface area contributed by atoms with Gasteiger partial charge in [-0.25, -0.2) is 4.39 Å². The van der Waals surface area contributed by atoms with Crippen molar-refractivity contribution < 1.29 is 9.13 Å². The van der Waals surface area contributed by atoms with E-state index in [1.165, 1.54) is 6.07 Å². The van der Waals surface area contributed by atoms with Crippen molar-refractivity contribution in [2.75, 3.05) is 6.61 Å². The number of halogens is 1. The van der Waals surface area contributed by atoms with Crippen LogP contribution in [0, 0.1) is 5.82 Å². The molecule has 0 fully saturated rings. The normalized spacial score (nSPS) is 12.2. The highest BCUT2D eigenvalue weighted by atomic mass is 19.1. The molecular weight excluding hydrogens is 205 g/mol. The molecule has 1 unspecified atom stereocenters. The van der Waals surface area contributed by atoms with E-state index < -0.39 is 0 Å². The Labute approximate surface area is 95.9 Å². The van der Waals surface area contributed by atoms with Gasteiger partial charge in [0.05, 0.1) is 6.61 Å². The summed E-state index contributed by atoms with van der Waals surface area (Å²) in [6.45, 7) is 5.92. The van der Waals surface area contributed by atoms with Crippen molar-refractivity contribution in [1.82, 2.24) is 0 Å². The molecule has 0 bridgehead atoms. The van der Waals surface area contributed by atoms with Crippen molar-refractivity contribution >= 4 is 0 Å². The molecule has 0 aliphatic heterocycles. The molecule has 0 saturated carbocycles. The molecule has 2 N–H and O–H groups in total. The zero-order valence-electron chi connectivity index (χ0n) is 9.58. The largest absolute Gasteiger partial charge is 0.490 e. The van der Waals surface area contributed by atoms with Gasteiger partial charge >= 0.3 is 0 Å². The third-order valence-electron chi connectivity index (χ3n) is 2.13. The van der Waals surface area contributed by atoms with Gasteiger partial charge in [-0.2, -0.15) is 0 Å². The lowest BCUT2D eigenvalue weighted by atomic mass is 10.1. The molecule has 0 radical (unpaired) electrons. The Hall–Kier alpha value is -1.35. The SMILES string of the molecule is C=CCCOc1ccc(CC(C)N)cc1F. The first-order valence-corrected chi connectivity index (χ1v) is 5.41. The average Bonchev–Trinajstić information content (AvgIpc) is 2.20. The molecule has 2 nitrogen and oxygen atoms in total. The molecule has 1 atom stereocenters. The number of nitrogens with two attached hydrogens (primary N) is 1. The molecule has 0 aliphatic carbocycles. The van der Waals surface area contributed by atoms with Gasteiger partial charge in [0, 0.05) is 6.04 Å². The van der Waals surface area contributed by atoms with Crippen molar-refractivity contribution in [3.63, 3.8) is 0 Å². The molecule has 88 valence electrons. The Morgan fingerprint density at radius 3 is 2.88 bits per heavy atom. The predicted molar refractivity (Wildman–Crippen MR) is 64.1 cm³/mol. The monoisotopic (exact) mass is 223 g/mol. The van der Waals surface area contributed by atoms with Crippen LogP contribution in [0.5, 0.6) is 5.75 Å². The Morgan fingerprint density at radius 1 is 1.56 bits per heavy atom. The minimum Gasteiger partial charge on any atom is -0.490 e. The van der Waals surface area contributed by atoms with E-state index in [2.05, 4.69) is 6.58 Å². The average molecular weight is 223 g/mol. The molecule has 1 rings (SSSR count). The molecule has 0 spiro atoms. The van der Waals surface area contributed by atoms with Gasteiger partial charge in [-0.15, -0.1) is 6.58 Å². The highest BCUT2D eigenvalue weighted by Gasteiger charge is 2.05. The van der Waals surface area contributed by atoms with Crippen LogP contribution in [-0.2, 0) is 6.42 Å². The highest BCUT2D eigenvalue weighted by molar-refractivity contribution is 5.29. The molecule has 1 aromatic carbocycles. The lowest BCUT2D eigenvalue weighted by Crippen LogP contribution is -2.17. The van der Waals surface area contributed by atoms with Gasteiger partial charge in [0.25, 0.3) is 0 Å². The van der Waals surface area contributed by atoms with Gasteiger partial charge in [-0.05, 0) is 37.5 Å². The second kappa shape index (κ2) is 6.28. The molecule has 0 saturated heterocycles. The van der Waals surface area contributed by atoms with Gasteiger partial charge in [-0.3, -0.25) is 0 Å². The van der Waals surface area contributed by atoms with Crippen LogP contribution in [0.25, 0.3) is 0 Å². The maximum atomic E-state index is 13.5. The fourth-order valence-electron chi connectivity index (χ4n) is 1.41. The molecule has 0 aliphatic rings. The summed E-state index contributed by atoms with van der Waals surface area (Å²) in [7, 11) is 0. The third-order valence-corrected chi connectivity index (χ3v) is 2.13. The molecule has 1 aromatic rings. The second-order valence-electron chi connectivity index (χ2n) is 3.87. The van der Waals surface area contributed by atoms with Crippen LogP contribution >= 0.6 is 0 Å². The third kappa shape index (κ3) is 4.03. The van der Waals surface area contributed by atoms with Crippen LogP contribution < -0.4 is 10.5 Å². The Balaban J connectivity index is 2.63. The van der Waals surface area contributed by atoms with E-state index in [1.54, 1.807) is 12.1 Å². The second-order valence-corrected chi connectivity index (χ2v) is 3.87. The topological polar surface area (TPSA) is 35.2 Å². The van der Waals surface area contributed by atoms with Crippen molar-refractivity contribution in [3.8, 4) is 5.75 Å². The van der Waals surface area contributed by atoms with E-state index in [-0.39, 0.29) is 17.6 Å². The van der Waals surface area contributed by atoms with Crippen LogP contribution in [0.15, 0.2) is 30.9 Å². The maximum Gasteiger partial charge on any atom is 0.165 e. The summed E-state index contributed by atoms with van der Waals surface area (Å²) in [5, 5.41) is 0. The summed E-state index contributed by atoms with van der Waals surface area (Å²) in [5.41, 5.74) is 6.54. The quantitative estimate of drug-likeness (QED) is 0.594. The molecule has 0 amide bonds.